The van der Waals surface area contributed by atoms with Gasteiger partial charge in [0, 0.05) is 37.6 Å². The van der Waals surface area contributed by atoms with Crippen LogP contribution in [-0.4, -0.2) is 32.0 Å². The van der Waals surface area contributed by atoms with Gasteiger partial charge < -0.3 is 4.57 Å². The molecule has 2 heterocycles. The van der Waals surface area contributed by atoms with Crippen molar-refractivity contribution in [3.8, 4) is 0 Å². The highest BCUT2D eigenvalue weighted by Gasteiger charge is 2.36. The van der Waals surface area contributed by atoms with Gasteiger partial charge in [-0.2, -0.15) is 13.2 Å². The molecule has 1 aromatic rings. The minimum atomic E-state index is -4.39. The molecule has 19 heavy (non-hydrogen) atoms. The van der Waals surface area contributed by atoms with Crippen molar-refractivity contribution >= 4 is 18.2 Å². The van der Waals surface area contributed by atoms with Gasteiger partial charge in [-0.15, -0.1) is 0 Å². The van der Waals surface area contributed by atoms with Crippen LogP contribution in [0.1, 0.15) is 18.9 Å². The maximum absolute atomic E-state index is 12.7. The largest absolute Gasteiger partial charge is 0.419 e. The number of aliphatic imine (C=N–C) groups is 1. The fourth-order valence-electron chi connectivity index (χ4n) is 1.67. The van der Waals surface area contributed by atoms with E-state index in [1.807, 2.05) is 6.92 Å². The molecule has 0 N–H and O–H groups in total. The number of aromatic nitrogens is 2. The molecule has 0 aromatic carbocycles. The molecule has 1 aliphatic heterocycles. The monoisotopic (exact) mass is 290 g/mol. The first-order valence-electron chi connectivity index (χ1n) is 5.64. The highest BCUT2D eigenvalue weighted by Crippen LogP contribution is 2.35. The highest BCUT2D eigenvalue weighted by atomic mass is 32.2. The Bertz CT molecular complexity index is 506. The predicted octanol–water partition coefficient (Wildman–Crippen LogP) is 2.92. The molecule has 0 aliphatic carbocycles. The minimum absolute atomic E-state index is 0.531. The molecule has 0 saturated heterocycles. The van der Waals surface area contributed by atoms with E-state index in [2.05, 4.69) is 9.98 Å². The standard InChI is InChI=1S/C11H13F3N4S/c1-3-19-18-7-8(11(12,13)14)6-16-10(18)9-15-4-5-17(9)2/h4-7,10H,3H2,1-2H3. The van der Waals surface area contributed by atoms with Crippen molar-refractivity contribution in [3.63, 3.8) is 0 Å². The molecule has 0 amide bonds. The average molecular weight is 290 g/mol. The molecular weight excluding hydrogens is 277 g/mol. The maximum Gasteiger partial charge on any atom is 0.419 e. The molecule has 8 heteroatoms. The number of allylic oxidation sites excluding steroid dienone is 1. The predicted molar refractivity (Wildman–Crippen MR) is 68.6 cm³/mol. The molecule has 0 bridgehead atoms. The Hall–Kier alpha value is -1.44. The van der Waals surface area contributed by atoms with Gasteiger partial charge in [0.2, 0.25) is 0 Å². The van der Waals surface area contributed by atoms with E-state index >= 15 is 0 Å². The number of imidazole rings is 1. The zero-order valence-electron chi connectivity index (χ0n) is 10.4. The summed E-state index contributed by atoms with van der Waals surface area (Å²) in [5.41, 5.74) is -0.751. The fourth-order valence-corrected chi connectivity index (χ4v) is 2.44. The van der Waals surface area contributed by atoms with Gasteiger partial charge in [-0.1, -0.05) is 6.92 Å². The zero-order chi connectivity index (χ0) is 14.0. The van der Waals surface area contributed by atoms with Crippen LogP contribution in [-0.2, 0) is 7.05 Å². The zero-order valence-corrected chi connectivity index (χ0v) is 11.2. The van der Waals surface area contributed by atoms with Crippen molar-refractivity contribution in [1.29, 1.82) is 0 Å². The van der Waals surface area contributed by atoms with Crippen LogP contribution in [0.5, 0.6) is 0 Å². The summed E-state index contributed by atoms with van der Waals surface area (Å²) in [5, 5.41) is 0. The molecule has 4 nitrogen and oxygen atoms in total. The third-order valence-corrected chi connectivity index (χ3v) is 3.42. The Morgan fingerprint density at radius 1 is 1.42 bits per heavy atom. The molecule has 0 saturated carbocycles. The fraction of sp³-hybridized carbons (Fsp3) is 0.455. The van der Waals surface area contributed by atoms with E-state index in [1.165, 1.54) is 16.3 Å². The van der Waals surface area contributed by atoms with E-state index in [9.17, 15) is 13.2 Å². The van der Waals surface area contributed by atoms with Crippen molar-refractivity contribution in [1.82, 2.24) is 13.9 Å². The Morgan fingerprint density at radius 2 is 2.16 bits per heavy atom. The van der Waals surface area contributed by atoms with E-state index in [1.54, 1.807) is 24.0 Å². The van der Waals surface area contributed by atoms with Crippen LogP contribution in [0, 0.1) is 0 Å². The quantitative estimate of drug-likeness (QED) is 0.803. The van der Waals surface area contributed by atoms with Gasteiger partial charge in [-0.25, -0.2) is 4.98 Å². The Morgan fingerprint density at radius 3 is 2.68 bits per heavy atom. The van der Waals surface area contributed by atoms with E-state index in [-0.39, 0.29) is 0 Å². The third kappa shape index (κ3) is 2.94. The van der Waals surface area contributed by atoms with Gasteiger partial charge in [0.25, 0.3) is 0 Å². The lowest BCUT2D eigenvalue weighted by Gasteiger charge is -2.29. The molecule has 104 valence electrons. The van der Waals surface area contributed by atoms with Crippen molar-refractivity contribution in [2.75, 3.05) is 5.75 Å². The summed E-state index contributed by atoms with van der Waals surface area (Å²) in [7, 11) is 1.79. The van der Waals surface area contributed by atoms with Crippen LogP contribution >= 0.6 is 11.9 Å². The average Bonchev–Trinajstić information content (AvgIpc) is 2.74. The second-order valence-electron chi connectivity index (χ2n) is 3.91. The van der Waals surface area contributed by atoms with Gasteiger partial charge in [0.05, 0.1) is 5.57 Å². The maximum atomic E-state index is 12.7. The Labute approximate surface area is 113 Å². The lowest BCUT2D eigenvalue weighted by atomic mass is 10.2. The number of alkyl halides is 3. The second kappa shape index (κ2) is 5.28. The molecule has 2 rings (SSSR count). The third-order valence-electron chi connectivity index (χ3n) is 2.56. The number of aryl methyl sites for hydroxylation is 1. The SMILES string of the molecule is CCSN1C=C(C(F)(F)F)C=NC1c1nccn1C. The Kier molecular flexibility index (Phi) is 3.88. The van der Waals surface area contributed by atoms with Crippen molar-refractivity contribution in [3.05, 3.63) is 30.0 Å². The van der Waals surface area contributed by atoms with Gasteiger partial charge in [-0.05, 0) is 11.9 Å². The first-order chi connectivity index (χ1) is 8.93. The molecule has 0 spiro atoms. The van der Waals surface area contributed by atoms with Gasteiger partial charge in [0.1, 0.15) is 0 Å². The normalized spacial score (nSPS) is 19.7. The van der Waals surface area contributed by atoms with Crippen LogP contribution in [0.25, 0.3) is 0 Å². The van der Waals surface area contributed by atoms with Crippen LogP contribution in [0.15, 0.2) is 29.2 Å². The van der Waals surface area contributed by atoms with E-state index in [0.29, 0.717) is 11.6 Å². The van der Waals surface area contributed by atoms with Crippen LogP contribution in [0.3, 0.4) is 0 Å². The lowest BCUT2D eigenvalue weighted by molar-refractivity contribution is -0.0867. The number of halogens is 3. The summed E-state index contributed by atoms with van der Waals surface area (Å²) in [6, 6.07) is 0. The first kappa shape index (κ1) is 14.0. The van der Waals surface area contributed by atoms with Crippen LogP contribution in [0.2, 0.25) is 0 Å². The van der Waals surface area contributed by atoms with Crippen molar-refractivity contribution in [2.24, 2.45) is 12.0 Å². The molecule has 1 atom stereocenters. The van der Waals surface area contributed by atoms with Gasteiger partial charge in [0.15, 0.2) is 12.0 Å². The van der Waals surface area contributed by atoms with Crippen LogP contribution in [0.4, 0.5) is 13.2 Å². The summed E-state index contributed by atoms with van der Waals surface area (Å²) in [5.74, 6) is 1.26. The summed E-state index contributed by atoms with van der Waals surface area (Å²) in [6.45, 7) is 1.87. The van der Waals surface area contributed by atoms with Crippen LogP contribution < -0.4 is 0 Å². The number of hydrogen-bond acceptors (Lipinski definition) is 4. The topological polar surface area (TPSA) is 33.4 Å². The summed E-state index contributed by atoms with van der Waals surface area (Å²) in [6.07, 6.45) is 0.372. The first-order valence-corrected chi connectivity index (χ1v) is 6.58. The summed E-state index contributed by atoms with van der Waals surface area (Å²) in [4.78, 5) is 8.13. The lowest BCUT2D eigenvalue weighted by Crippen LogP contribution is -2.27. The molecule has 1 aromatic heterocycles. The van der Waals surface area contributed by atoms with Gasteiger partial charge >= 0.3 is 6.18 Å². The van der Waals surface area contributed by atoms with Crippen molar-refractivity contribution < 1.29 is 13.2 Å². The van der Waals surface area contributed by atoms with Gasteiger partial charge in [-0.3, -0.25) is 9.30 Å². The molecule has 1 aliphatic rings. The van der Waals surface area contributed by atoms with E-state index in [0.717, 1.165) is 12.4 Å². The highest BCUT2D eigenvalue weighted by molar-refractivity contribution is 7.97. The number of hydrogen-bond donors (Lipinski definition) is 0. The molecule has 0 radical (unpaired) electrons. The molecular formula is C11H13F3N4S. The number of nitrogens with zero attached hydrogens (tertiary/aromatic N) is 4. The van der Waals surface area contributed by atoms with E-state index in [4.69, 9.17) is 0 Å². The molecule has 0 fully saturated rings. The van der Waals surface area contributed by atoms with Crippen molar-refractivity contribution in [2.45, 2.75) is 19.3 Å². The smallest absolute Gasteiger partial charge is 0.335 e. The number of rotatable bonds is 3. The summed E-state index contributed by atoms with van der Waals surface area (Å²) >= 11 is 1.28. The Balaban J connectivity index is 2.31. The second-order valence-corrected chi connectivity index (χ2v) is 5.17. The van der Waals surface area contributed by atoms with E-state index < -0.39 is 17.9 Å². The molecule has 1 unspecified atom stereocenters. The minimum Gasteiger partial charge on any atom is -0.335 e. The summed E-state index contributed by atoms with van der Waals surface area (Å²) < 4.78 is 41.3.